The van der Waals surface area contributed by atoms with Gasteiger partial charge in [-0.15, -0.1) is 35.3 Å². The smallest absolute Gasteiger partial charge is 0.191 e. The summed E-state index contributed by atoms with van der Waals surface area (Å²) in [7, 11) is 0. The highest BCUT2D eigenvalue weighted by Gasteiger charge is 2.42. The van der Waals surface area contributed by atoms with Crippen molar-refractivity contribution in [3.63, 3.8) is 0 Å². The van der Waals surface area contributed by atoms with Gasteiger partial charge in [-0.1, -0.05) is 30.3 Å². The number of aromatic nitrogens is 1. The molecule has 1 saturated carbocycles. The van der Waals surface area contributed by atoms with Gasteiger partial charge in [0.15, 0.2) is 11.1 Å². The van der Waals surface area contributed by atoms with Gasteiger partial charge in [-0.05, 0) is 30.2 Å². The Labute approximate surface area is 176 Å². The maximum Gasteiger partial charge on any atom is 0.191 e. The molecular formula is C19H26IN5S. The van der Waals surface area contributed by atoms with E-state index in [2.05, 4.69) is 45.1 Å². The molecule has 0 atom stereocenters. The summed E-state index contributed by atoms with van der Waals surface area (Å²) in [6.45, 7) is 4.60. The van der Waals surface area contributed by atoms with Gasteiger partial charge in [-0.3, -0.25) is 4.99 Å². The number of anilines is 1. The number of aliphatic imine (C=N–C) groups is 1. The molecular weight excluding hydrogens is 457 g/mol. The van der Waals surface area contributed by atoms with Gasteiger partial charge in [0.2, 0.25) is 0 Å². The minimum Gasteiger partial charge on any atom is -0.370 e. The van der Waals surface area contributed by atoms with Gasteiger partial charge in [0.05, 0.1) is 0 Å². The molecule has 0 radical (unpaired) electrons. The molecule has 0 bridgehead atoms. The van der Waals surface area contributed by atoms with Crippen LogP contribution in [0.5, 0.6) is 0 Å². The van der Waals surface area contributed by atoms with Crippen molar-refractivity contribution in [3.8, 4) is 0 Å². The molecule has 2 heterocycles. The van der Waals surface area contributed by atoms with E-state index < -0.39 is 0 Å². The number of nitrogens with zero attached hydrogens (tertiary/aromatic N) is 4. The fourth-order valence-corrected chi connectivity index (χ4v) is 4.14. The highest BCUT2D eigenvalue weighted by Crippen LogP contribution is 2.48. The highest BCUT2D eigenvalue weighted by atomic mass is 127. The van der Waals surface area contributed by atoms with Crippen molar-refractivity contribution in [2.24, 2.45) is 16.1 Å². The third kappa shape index (κ3) is 4.68. The number of halogens is 1. The van der Waals surface area contributed by atoms with E-state index in [-0.39, 0.29) is 24.0 Å². The Kier molecular flexibility index (Phi) is 6.39. The van der Waals surface area contributed by atoms with Gasteiger partial charge in [0.1, 0.15) is 0 Å². The summed E-state index contributed by atoms with van der Waals surface area (Å²) in [5.41, 5.74) is 8.04. The predicted octanol–water partition coefficient (Wildman–Crippen LogP) is 3.22. The Hall–Kier alpha value is -1.35. The van der Waals surface area contributed by atoms with Crippen molar-refractivity contribution < 1.29 is 0 Å². The molecule has 0 amide bonds. The zero-order chi connectivity index (χ0) is 17.1. The van der Waals surface area contributed by atoms with E-state index in [0.29, 0.717) is 11.4 Å². The van der Waals surface area contributed by atoms with Crippen LogP contribution in [0.3, 0.4) is 0 Å². The second-order valence-electron chi connectivity index (χ2n) is 7.13. The van der Waals surface area contributed by atoms with Crippen LogP contribution in [0.25, 0.3) is 0 Å². The first-order valence-corrected chi connectivity index (χ1v) is 9.85. The van der Waals surface area contributed by atoms with Crippen LogP contribution < -0.4 is 10.6 Å². The minimum absolute atomic E-state index is 0. The van der Waals surface area contributed by atoms with E-state index in [1.165, 1.54) is 18.4 Å². The first-order valence-electron chi connectivity index (χ1n) is 8.97. The third-order valence-electron chi connectivity index (χ3n) is 5.25. The molecule has 7 heteroatoms. The summed E-state index contributed by atoms with van der Waals surface area (Å²) in [6.07, 6.45) is 5.50. The Morgan fingerprint density at radius 3 is 2.50 bits per heavy atom. The lowest BCUT2D eigenvalue weighted by molar-refractivity contribution is 0.378. The quantitative estimate of drug-likeness (QED) is 0.403. The van der Waals surface area contributed by atoms with Crippen LogP contribution in [0.4, 0.5) is 5.13 Å². The lowest BCUT2D eigenvalue weighted by Gasteiger charge is -2.35. The lowest BCUT2D eigenvalue weighted by Crippen LogP contribution is -2.51. The number of piperazine rings is 1. The maximum atomic E-state index is 6.29. The van der Waals surface area contributed by atoms with Crippen LogP contribution >= 0.6 is 35.3 Å². The first-order chi connectivity index (χ1) is 12.2. The molecule has 0 unspecified atom stereocenters. The summed E-state index contributed by atoms with van der Waals surface area (Å²) in [5, 5.41) is 3.13. The second-order valence-corrected chi connectivity index (χ2v) is 8.00. The van der Waals surface area contributed by atoms with Crippen LogP contribution in [-0.4, -0.2) is 48.6 Å². The molecule has 1 aromatic heterocycles. The van der Waals surface area contributed by atoms with Crippen molar-refractivity contribution >= 4 is 46.4 Å². The second kappa shape index (κ2) is 8.56. The summed E-state index contributed by atoms with van der Waals surface area (Å²) in [4.78, 5) is 13.7. The van der Waals surface area contributed by atoms with Crippen LogP contribution in [0, 0.1) is 5.41 Å². The third-order valence-corrected chi connectivity index (χ3v) is 6.08. The van der Waals surface area contributed by atoms with E-state index in [1.807, 2.05) is 11.6 Å². The van der Waals surface area contributed by atoms with Crippen molar-refractivity contribution in [2.45, 2.75) is 19.3 Å². The number of hydrogen-bond donors (Lipinski definition) is 1. The fraction of sp³-hybridized carbons (Fsp3) is 0.474. The lowest BCUT2D eigenvalue weighted by atomic mass is 9.97. The Morgan fingerprint density at radius 2 is 1.88 bits per heavy atom. The summed E-state index contributed by atoms with van der Waals surface area (Å²) in [5.74, 6) is 0.707. The highest BCUT2D eigenvalue weighted by molar-refractivity contribution is 14.0. The molecule has 2 aromatic rings. The number of benzene rings is 1. The SMILES string of the molecule is I.NC(=NCC1(Cc2ccccc2)CC1)N1CCN(c2nccs2)CC1. The Balaban J connectivity index is 0.00000196. The molecule has 2 N–H and O–H groups in total. The van der Waals surface area contributed by atoms with Crippen LogP contribution in [0.2, 0.25) is 0 Å². The standard InChI is InChI=1S/C19H25N5S.HI/c20-17(23-9-11-24(12-10-23)18-21-8-13-25-18)22-15-19(6-7-19)14-16-4-2-1-3-5-16;/h1-5,8,13H,6-7,9-12,14-15H2,(H2,20,22);1H. The zero-order valence-corrected chi connectivity index (χ0v) is 18.0. The largest absolute Gasteiger partial charge is 0.370 e. The molecule has 0 spiro atoms. The van der Waals surface area contributed by atoms with E-state index in [1.54, 1.807) is 11.3 Å². The molecule has 2 aliphatic rings. The summed E-state index contributed by atoms with van der Waals surface area (Å²) >= 11 is 1.70. The number of rotatable bonds is 5. The predicted molar refractivity (Wildman–Crippen MR) is 120 cm³/mol. The average Bonchev–Trinajstić information content (AvgIpc) is 3.19. The van der Waals surface area contributed by atoms with Crippen molar-refractivity contribution in [2.75, 3.05) is 37.6 Å². The molecule has 26 heavy (non-hydrogen) atoms. The van der Waals surface area contributed by atoms with E-state index in [0.717, 1.165) is 44.3 Å². The monoisotopic (exact) mass is 483 g/mol. The first kappa shape index (κ1) is 19.4. The number of hydrogen-bond acceptors (Lipinski definition) is 4. The molecule has 4 rings (SSSR count). The number of nitrogens with two attached hydrogens (primary N) is 1. The normalized spacial score (nSPS) is 19.2. The molecule has 140 valence electrons. The molecule has 2 fully saturated rings. The van der Waals surface area contributed by atoms with E-state index in [4.69, 9.17) is 10.7 Å². The van der Waals surface area contributed by atoms with E-state index >= 15 is 0 Å². The van der Waals surface area contributed by atoms with Gasteiger partial charge >= 0.3 is 0 Å². The number of guanidine groups is 1. The topological polar surface area (TPSA) is 57.8 Å². The molecule has 1 aliphatic heterocycles. The average molecular weight is 483 g/mol. The van der Waals surface area contributed by atoms with Crippen LogP contribution in [0.1, 0.15) is 18.4 Å². The van der Waals surface area contributed by atoms with Gasteiger partial charge in [-0.25, -0.2) is 4.98 Å². The maximum absolute atomic E-state index is 6.29. The van der Waals surface area contributed by atoms with Crippen LogP contribution in [0.15, 0.2) is 46.9 Å². The van der Waals surface area contributed by atoms with Crippen molar-refractivity contribution in [1.82, 2.24) is 9.88 Å². The minimum atomic E-state index is 0. The van der Waals surface area contributed by atoms with Gasteiger partial charge in [-0.2, -0.15) is 0 Å². The van der Waals surface area contributed by atoms with E-state index in [9.17, 15) is 0 Å². The summed E-state index contributed by atoms with van der Waals surface area (Å²) < 4.78 is 0. The molecule has 1 aromatic carbocycles. The van der Waals surface area contributed by atoms with Gasteiger partial charge in [0.25, 0.3) is 0 Å². The molecule has 1 saturated heterocycles. The van der Waals surface area contributed by atoms with Crippen LogP contribution in [-0.2, 0) is 6.42 Å². The molecule has 5 nitrogen and oxygen atoms in total. The van der Waals surface area contributed by atoms with Gasteiger partial charge < -0.3 is 15.5 Å². The van der Waals surface area contributed by atoms with Gasteiger partial charge in [0, 0.05) is 44.3 Å². The fourth-order valence-electron chi connectivity index (χ4n) is 3.44. The molecule has 1 aliphatic carbocycles. The summed E-state index contributed by atoms with van der Waals surface area (Å²) in [6, 6.07) is 10.7. The van der Waals surface area contributed by atoms with Crippen molar-refractivity contribution in [3.05, 3.63) is 47.5 Å². The number of thiazole rings is 1. The van der Waals surface area contributed by atoms with Crippen molar-refractivity contribution in [1.29, 1.82) is 0 Å². The zero-order valence-electron chi connectivity index (χ0n) is 14.9. The Morgan fingerprint density at radius 1 is 1.15 bits per heavy atom. The Bertz CT molecular complexity index is 707.